The second kappa shape index (κ2) is 6.24. The van der Waals surface area contributed by atoms with Gasteiger partial charge < -0.3 is 5.32 Å². The molecule has 1 heterocycles. The van der Waals surface area contributed by atoms with E-state index in [1.54, 1.807) is 0 Å². The molecule has 1 fully saturated rings. The number of alkyl halides is 3. The topological polar surface area (TPSA) is 12.0 Å². The highest BCUT2D eigenvalue weighted by molar-refractivity contribution is 5.49. The summed E-state index contributed by atoms with van der Waals surface area (Å²) >= 11 is 0. The first-order valence-electron chi connectivity index (χ1n) is 6.60. The molecular weight excluding hydrogens is 251 g/mol. The van der Waals surface area contributed by atoms with Crippen molar-refractivity contribution in [1.29, 1.82) is 0 Å². The van der Waals surface area contributed by atoms with E-state index >= 15 is 0 Å². The van der Waals surface area contributed by atoms with E-state index in [9.17, 15) is 13.2 Å². The summed E-state index contributed by atoms with van der Waals surface area (Å²) in [6, 6.07) is 5.29. The van der Waals surface area contributed by atoms with Crippen LogP contribution >= 0.6 is 0 Å². The zero-order valence-electron chi connectivity index (χ0n) is 10.7. The van der Waals surface area contributed by atoms with Crippen LogP contribution in [0.15, 0.2) is 30.3 Å². The van der Waals surface area contributed by atoms with Crippen molar-refractivity contribution >= 4 is 6.08 Å². The van der Waals surface area contributed by atoms with Crippen molar-refractivity contribution in [3.63, 3.8) is 0 Å². The molecule has 0 atom stereocenters. The summed E-state index contributed by atoms with van der Waals surface area (Å²) in [5.41, 5.74) is 0.227. The number of allylic oxidation sites excluding steroid dienone is 1. The molecule has 0 saturated carbocycles. The fourth-order valence-electron chi connectivity index (χ4n) is 2.30. The number of rotatable bonds is 3. The van der Waals surface area contributed by atoms with Gasteiger partial charge in [0.1, 0.15) is 0 Å². The normalized spacial score (nSPS) is 18.1. The van der Waals surface area contributed by atoms with Gasteiger partial charge in [-0.15, -0.1) is 0 Å². The van der Waals surface area contributed by atoms with Crippen LogP contribution in [-0.4, -0.2) is 13.1 Å². The molecule has 1 N–H and O–H groups in total. The number of halogens is 3. The van der Waals surface area contributed by atoms with Crippen LogP contribution in [0.5, 0.6) is 0 Å². The Labute approximate surface area is 111 Å². The molecule has 0 unspecified atom stereocenters. The molecule has 0 amide bonds. The molecule has 1 aromatic rings. The van der Waals surface area contributed by atoms with E-state index < -0.39 is 11.7 Å². The van der Waals surface area contributed by atoms with E-state index in [2.05, 4.69) is 11.4 Å². The van der Waals surface area contributed by atoms with Crippen molar-refractivity contribution in [2.24, 2.45) is 5.92 Å². The second-order valence-electron chi connectivity index (χ2n) is 4.95. The Morgan fingerprint density at radius 3 is 2.32 bits per heavy atom. The Hall–Kier alpha value is -1.29. The highest BCUT2D eigenvalue weighted by atomic mass is 19.4. The molecule has 1 aliphatic rings. The lowest BCUT2D eigenvalue weighted by Gasteiger charge is -2.20. The summed E-state index contributed by atoms with van der Waals surface area (Å²) in [4.78, 5) is 0. The van der Waals surface area contributed by atoms with Gasteiger partial charge in [0, 0.05) is 0 Å². The zero-order valence-corrected chi connectivity index (χ0v) is 10.7. The maximum absolute atomic E-state index is 12.4. The van der Waals surface area contributed by atoms with Gasteiger partial charge in [0.15, 0.2) is 0 Å². The van der Waals surface area contributed by atoms with Crippen LogP contribution in [0.25, 0.3) is 6.08 Å². The zero-order chi connectivity index (χ0) is 13.7. The van der Waals surface area contributed by atoms with Crippen LogP contribution in [0.1, 0.15) is 30.4 Å². The molecule has 0 spiro atoms. The predicted molar refractivity (Wildman–Crippen MR) is 70.7 cm³/mol. The van der Waals surface area contributed by atoms with Crippen LogP contribution in [0, 0.1) is 5.92 Å². The number of nitrogens with one attached hydrogen (secondary N) is 1. The van der Waals surface area contributed by atoms with Crippen molar-refractivity contribution in [1.82, 2.24) is 5.32 Å². The first kappa shape index (κ1) is 14.1. The third-order valence-electron chi connectivity index (χ3n) is 3.48. The second-order valence-corrected chi connectivity index (χ2v) is 4.95. The average Bonchev–Trinajstić information content (AvgIpc) is 2.39. The van der Waals surface area contributed by atoms with Gasteiger partial charge in [0.05, 0.1) is 5.56 Å². The summed E-state index contributed by atoms with van der Waals surface area (Å²) in [7, 11) is 0. The van der Waals surface area contributed by atoms with Gasteiger partial charge in [-0.25, -0.2) is 0 Å². The number of hydrogen-bond acceptors (Lipinski definition) is 1. The molecule has 1 nitrogen and oxygen atoms in total. The minimum absolute atomic E-state index is 0.594. The van der Waals surface area contributed by atoms with E-state index in [-0.39, 0.29) is 0 Å². The van der Waals surface area contributed by atoms with Crippen molar-refractivity contribution < 1.29 is 13.2 Å². The monoisotopic (exact) mass is 269 g/mol. The third kappa shape index (κ3) is 4.39. The van der Waals surface area contributed by atoms with Gasteiger partial charge in [0.25, 0.3) is 0 Å². The molecular formula is C15H18F3N. The minimum Gasteiger partial charge on any atom is -0.317 e. The fraction of sp³-hybridized carbons (Fsp3) is 0.467. The molecule has 2 rings (SSSR count). The molecule has 1 aliphatic heterocycles. The van der Waals surface area contributed by atoms with Crippen LogP contribution in [0.2, 0.25) is 0 Å². The molecule has 104 valence electrons. The van der Waals surface area contributed by atoms with E-state index in [4.69, 9.17) is 0 Å². The van der Waals surface area contributed by atoms with Gasteiger partial charge in [-0.05, 0) is 56.0 Å². The van der Waals surface area contributed by atoms with Gasteiger partial charge in [-0.1, -0.05) is 24.3 Å². The molecule has 4 heteroatoms. The van der Waals surface area contributed by atoms with E-state index in [0.717, 1.165) is 37.2 Å². The molecule has 0 aromatic heterocycles. The molecule has 1 aromatic carbocycles. The first-order chi connectivity index (χ1) is 9.05. The standard InChI is InChI=1S/C15H18F3N/c16-15(17,18)14-6-4-12(5-7-14)2-1-3-13-8-10-19-11-9-13/h1-2,4-7,13,19H,3,8-11H2. The van der Waals surface area contributed by atoms with Crippen molar-refractivity contribution in [2.45, 2.75) is 25.4 Å². The van der Waals surface area contributed by atoms with E-state index in [1.807, 2.05) is 6.08 Å². The molecule has 0 bridgehead atoms. The Kier molecular flexibility index (Phi) is 4.64. The molecule has 19 heavy (non-hydrogen) atoms. The number of piperidine rings is 1. The average molecular weight is 269 g/mol. The van der Waals surface area contributed by atoms with Crippen molar-refractivity contribution in [2.75, 3.05) is 13.1 Å². The lowest BCUT2D eigenvalue weighted by molar-refractivity contribution is -0.137. The Morgan fingerprint density at radius 2 is 1.74 bits per heavy atom. The van der Waals surface area contributed by atoms with Crippen LogP contribution in [-0.2, 0) is 6.18 Å². The number of hydrogen-bond donors (Lipinski definition) is 1. The van der Waals surface area contributed by atoms with Crippen molar-refractivity contribution in [3.8, 4) is 0 Å². The molecule has 0 radical (unpaired) electrons. The minimum atomic E-state index is -4.25. The highest BCUT2D eigenvalue weighted by Crippen LogP contribution is 2.29. The molecule has 0 aliphatic carbocycles. The van der Waals surface area contributed by atoms with Gasteiger partial charge in [0.2, 0.25) is 0 Å². The van der Waals surface area contributed by atoms with Gasteiger partial charge in [-0.3, -0.25) is 0 Å². The largest absolute Gasteiger partial charge is 0.416 e. The maximum Gasteiger partial charge on any atom is 0.416 e. The van der Waals surface area contributed by atoms with Gasteiger partial charge >= 0.3 is 6.18 Å². The summed E-state index contributed by atoms with van der Waals surface area (Å²) in [5, 5.41) is 3.31. The summed E-state index contributed by atoms with van der Waals surface area (Å²) < 4.78 is 37.2. The van der Waals surface area contributed by atoms with Gasteiger partial charge in [-0.2, -0.15) is 13.2 Å². The van der Waals surface area contributed by atoms with E-state index in [1.165, 1.54) is 25.0 Å². The molecule has 1 saturated heterocycles. The lowest BCUT2D eigenvalue weighted by atomic mass is 9.94. The van der Waals surface area contributed by atoms with Crippen molar-refractivity contribution in [3.05, 3.63) is 41.5 Å². The fourth-order valence-corrected chi connectivity index (χ4v) is 2.30. The SMILES string of the molecule is FC(F)(F)c1ccc(C=CCC2CCNCC2)cc1. The Morgan fingerprint density at radius 1 is 1.11 bits per heavy atom. The maximum atomic E-state index is 12.4. The van der Waals surface area contributed by atoms with Crippen LogP contribution < -0.4 is 5.32 Å². The Balaban J connectivity index is 1.88. The van der Waals surface area contributed by atoms with Crippen LogP contribution in [0.4, 0.5) is 13.2 Å². The third-order valence-corrected chi connectivity index (χ3v) is 3.48. The highest BCUT2D eigenvalue weighted by Gasteiger charge is 2.29. The smallest absolute Gasteiger partial charge is 0.317 e. The number of benzene rings is 1. The predicted octanol–water partition coefficient (Wildman–Crippen LogP) is 4.11. The van der Waals surface area contributed by atoms with E-state index in [0.29, 0.717) is 5.92 Å². The summed E-state index contributed by atoms with van der Waals surface area (Å²) in [6.07, 6.45) is 3.08. The van der Waals surface area contributed by atoms with Crippen LogP contribution in [0.3, 0.4) is 0 Å². The quantitative estimate of drug-likeness (QED) is 0.870. The summed E-state index contributed by atoms with van der Waals surface area (Å²) in [6.45, 7) is 2.14. The lowest BCUT2D eigenvalue weighted by Crippen LogP contribution is -2.27. The summed E-state index contributed by atoms with van der Waals surface area (Å²) in [5.74, 6) is 0.701. The first-order valence-corrected chi connectivity index (χ1v) is 6.60. The Bertz CT molecular complexity index is 414.